The largest absolute Gasteiger partial charge is 0.463 e. The van der Waals surface area contributed by atoms with Crippen molar-refractivity contribution < 1.29 is 19.1 Å². The van der Waals surface area contributed by atoms with Crippen molar-refractivity contribution in [2.45, 2.75) is 104 Å². The molecule has 1 saturated carbocycles. The molecule has 194 valence electrons. The van der Waals surface area contributed by atoms with E-state index in [-0.39, 0.29) is 48.4 Å². The van der Waals surface area contributed by atoms with E-state index < -0.39 is 0 Å². The number of rotatable bonds is 7. The second kappa shape index (κ2) is 9.96. The van der Waals surface area contributed by atoms with Gasteiger partial charge in [0.2, 0.25) is 5.91 Å². The van der Waals surface area contributed by atoms with Crippen LogP contribution in [-0.4, -0.2) is 59.1 Å². The van der Waals surface area contributed by atoms with E-state index in [9.17, 15) is 9.59 Å². The number of fused-ring (bicyclic) bond motifs is 1. The lowest BCUT2D eigenvalue weighted by Gasteiger charge is -2.45. The number of nitrogens with zero attached hydrogens (tertiary/aromatic N) is 3. The molecule has 0 aromatic carbocycles. The molecule has 4 rings (SSSR count). The number of aromatic nitrogens is 1. The molecule has 2 fully saturated rings. The third-order valence-electron chi connectivity index (χ3n) is 7.36. The number of nitrogens with two attached hydrogens (primary N) is 1. The Hall–Kier alpha value is -2.35. The monoisotopic (exact) mass is 486 g/mol. The molecule has 1 saturated heterocycles. The normalized spacial score (nSPS) is 21.9. The number of hydrogen-bond donors (Lipinski definition) is 1. The Kier molecular flexibility index (Phi) is 7.32. The fraction of sp³-hybridized carbons (Fsp3) is 0.741. The highest BCUT2D eigenvalue weighted by molar-refractivity contribution is 5.82. The molecule has 2 aliphatic heterocycles. The molecule has 8 nitrogen and oxygen atoms in total. The summed E-state index contributed by atoms with van der Waals surface area (Å²) in [4.78, 5) is 34.4. The van der Waals surface area contributed by atoms with E-state index in [2.05, 4.69) is 32.6 Å². The van der Waals surface area contributed by atoms with Crippen LogP contribution in [0, 0.1) is 5.92 Å². The first-order valence-electron chi connectivity index (χ1n) is 13.2. The summed E-state index contributed by atoms with van der Waals surface area (Å²) in [6.45, 7) is 14.7. The van der Waals surface area contributed by atoms with Gasteiger partial charge >= 0.3 is 5.97 Å². The predicted octanol–water partition coefficient (Wildman–Crippen LogP) is 3.80. The van der Waals surface area contributed by atoms with Gasteiger partial charge in [0.15, 0.2) is 5.82 Å². The quantitative estimate of drug-likeness (QED) is 0.586. The van der Waals surface area contributed by atoms with Gasteiger partial charge in [-0.25, -0.2) is 4.98 Å². The Balaban J connectivity index is 1.54. The first-order chi connectivity index (χ1) is 16.5. The summed E-state index contributed by atoms with van der Waals surface area (Å²) >= 11 is 0. The van der Waals surface area contributed by atoms with Gasteiger partial charge in [-0.2, -0.15) is 0 Å². The maximum absolute atomic E-state index is 13.1. The number of carbonyl (C=O) groups is 2. The molecular weight excluding hydrogens is 444 g/mol. The van der Waals surface area contributed by atoms with Crippen LogP contribution >= 0.6 is 0 Å². The Labute approximate surface area is 209 Å². The molecular formula is C27H42N4O4. The minimum Gasteiger partial charge on any atom is -0.463 e. The third-order valence-corrected chi connectivity index (χ3v) is 7.36. The number of nitrogen functional groups attached to an aromatic ring is 1. The summed E-state index contributed by atoms with van der Waals surface area (Å²) in [5.74, 6) is 1.31. The van der Waals surface area contributed by atoms with Gasteiger partial charge in [-0.05, 0) is 52.0 Å². The Bertz CT molecular complexity index is 970. The molecule has 0 unspecified atom stereocenters. The van der Waals surface area contributed by atoms with Gasteiger partial charge < -0.3 is 25.0 Å². The van der Waals surface area contributed by atoms with E-state index in [0.717, 1.165) is 23.6 Å². The first kappa shape index (κ1) is 25.7. The second-order valence-corrected chi connectivity index (χ2v) is 11.6. The molecule has 2 N–H and O–H groups in total. The van der Waals surface area contributed by atoms with Crippen LogP contribution < -0.4 is 10.6 Å². The summed E-state index contributed by atoms with van der Waals surface area (Å²) in [7, 11) is 0. The van der Waals surface area contributed by atoms with Crippen LogP contribution in [0.4, 0.5) is 11.5 Å². The highest BCUT2D eigenvalue weighted by Crippen LogP contribution is 2.46. The fourth-order valence-electron chi connectivity index (χ4n) is 5.29. The summed E-state index contributed by atoms with van der Waals surface area (Å²) in [5.41, 5.74) is 10.8. The average Bonchev–Trinajstić information content (AvgIpc) is 3.62. The lowest BCUT2D eigenvalue weighted by atomic mass is 9.89. The Morgan fingerprint density at radius 3 is 2.49 bits per heavy atom. The molecule has 35 heavy (non-hydrogen) atoms. The van der Waals surface area contributed by atoms with Crippen molar-refractivity contribution in [1.82, 2.24) is 9.88 Å². The molecule has 3 aliphatic rings. The molecule has 1 atom stereocenters. The zero-order valence-electron chi connectivity index (χ0n) is 22.2. The zero-order valence-corrected chi connectivity index (χ0v) is 22.2. The lowest BCUT2D eigenvalue weighted by Crippen LogP contribution is -2.57. The zero-order chi connectivity index (χ0) is 25.5. The number of anilines is 2. The molecule has 1 aromatic heterocycles. The van der Waals surface area contributed by atoms with Crippen LogP contribution in [0.5, 0.6) is 0 Å². The number of piperazine rings is 1. The topological polar surface area (TPSA) is 98.0 Å². The van der Waals surface area contributed by atoms with E-state index in [0.29, 0.717) is 32.2 Å². The maximum Gasteiger partial charge on any atom is 0.306 e. The number of hydrogen-bond acceptors (Lipinski definition) is 7. The number of esters is 1. The van der Waals surface area contributed by atoms with E-state index in [1.165, 1.54) is 24.0 Å². The average molecular weight is 487 g/mol. The van der Waals surface area contributed by atoms with Gasteiger partial charge in [0, 0.05) is 44.0 Å². The third kappa shape index (κ3) is 5.74. The van der Waals surface area contributed by atoms with Crippen LogP contribution in [0.3, 0.4) is 0 Å². The van der Waals surface area contributed by atoms with Crippen molar-refractivity contribution >= 4 is 23.4 Å². The van der Waals surface area contributed by atoms with Crippen LogP contribution in [0.2, 0.25) is 0 Å². The van der Waals surface area contributed by atoms with E-state index in [1.54, 1.807) is 0 Å². The van der Waals surface area contributed by atoms with Crippen LogP contribution in [0.1, 0.15) is 90.0 Å². The minimum atomic E-state index is -0.321. The molecule has 1 amide bonds. The highest BCUT2D eigenvalue weighted by Gasteiger charge is 2.39. The van der Waals surface area contributed by atoms with Gasteiger partial charge in [0.25, 0.3) is 0 Å². The summed E-state index contributed by atoms with van der Waals surface area (Å²) in [6, 6.07) is 0.0266. The van der Waals surface area contributed by atoms with E-state index in [4.69, 9.17) is 20.2 Å². The molecule has 0 spiro atoms. The standard InChI is InChI=1S/C27H42N4O4/c1-16(2)21-14-30(11-12-31(21)22(32)9-10-23(33)35-17(3)4)26-24(28)19-13-27(5,6)34-15-20(19)25(29-26)18-7-8-18/h16-18,21H,7-15,28H2,1-6H3/t21-/m0/s1. The van der Waals surface area contributed by atoms with Crippen molar-refractivity contribution in [1.29, 1.82) is 0 Å². The molecule has 1 aliphatic carbocycles. The number of carbonyl (C=O) groups excluding carboxylic acids is 2. The van der Waals surface area contributed by atoms with Crippen LogP contribution in [0.25, 0.3) is 0 Å². The minimum absolute atomic E-state index is 0.00740. The number of ether oxygens (including phenoxy) is 2. The van der Waals surface area contributed by atoms with Gasteiger partial charge in [-0.15, -0.1) is 0 Å². The van der Waals surface area contributed by atoms with Gasteiger partial charge in [0.1, 0.15) is 0 Å². The SMILES string of the molecule is CC(C)OC(=O)CCC(=O)N1CCN(c2nc(C3CC3)c3c(c2N)CC(C)(C)OC3)C[C@H]1C(C)C. The van der Waals surface area contributed by atoms with Gasteiger partial charge in [0.05, 0.1) is 42.2 Å². The smallest absolute Gasteiger partial charge is 0.306 e. The highest BCUT2D eigenvalue weighted by atomic mass is 16.5. The lowest BCUT2D eigenvalue weighted by molar-refractivity contribution is -0.150. The van der Waals surface area contributed by atoms with Crippen molar-refractivity contribution in [2.75, 3.05) is 30.3 Å². The second-order valence-electron chi connectivity index (χ2n) is 11.6. The number of pyridine rings is 1. The Morgan fingerprint density at radius 2 is 1.86 bits per heavy atom. The Morgan fingerprint density at radius 1 is 1.14 bits per heavy atom. The molecule has 0 bridgehead atoms. The first-order valence-corrected chi connectivity index (χ1v) is 13.2. The van der Waals surface area contributed by atoms with Gasteiger partial charge in [-0.1, -0.05) is 13.8 Å². The van der Waals surface area contributed by atoms with Crippen LogP contribution in [0.15, 0.2) is 0 Å². The molecule has 3 heterocycles. The van der Waals surface area contributed by atoms with Crippen molar-refractivity contribution in [3.63, 3.8) is 0 Å². The van der Waals surface area contributed by atoms with Crippen molar-refractivity contribution in [3.05, 3.63) is 16.8 Å². The van der Waals surface area contributed by atoms with E-state index in [1.807, 2.05) is 18.7 Å². The van der Waals surface area contributed by atoms with Crippen molar-refractivity contribution in [3.8, 4) is 0 Å². The predicted molar refractivity (Wildman–Crippen MR) is 136 cm³/mol. The molecule has 1 aromatic rings. The molecule has 8 heteroatoms. The summed E-state index contributed by atoms with van der Waals surface area (Å²) in [6.07, 6.45) is 3.24. The summed E-state index contributed by atoms with van der Waals surface area (Å²) in [5, 5.41) is 0. The van der Waals surface area contributed by atoms with E-state index >= 15 is 0 Å². The van der Waals surface area contributed by atoms with Crippen LogP contribution in [-0.2, 0) is 32.1 Å². The van der Waals surface area contributed by atoms with Crippen molar-refractivity contribution in [2.24, 2.45) is 5.92 Å². The van der Waals surface area contributed by atoms with Gasteiger partial charge in [-0.3, -0.25) is 9.59 Å². The molecule has 0 radical (unpaired) electrons. The number of amides is 1. The maximum atomic E-state index is 13.1. The fourth-order valence-corrected chi connectivity index (χ4v) is 5.29. The summed E-state index contributed by atoms with van der Waals surface area (Å²) < 4.78 is 11.3.